The topological polar surface area (TPSA) is 95.8 Å². The van der Waals surface area contributed by atoms with Crippen molar-refractivity contribution in [3.05, 3.63) is 4.91 Å². The van der Waals surface area contributed by atoms with E-state index < -0.39 is 29.0 Å². The second kappa shape index (κ2) is 6.36. The zero-order valence-corrected chi connectivity index (χ0v) is 8.84. The van der Waals surface area contributed by atoms with E-state index in [0.717, 1.165) is 0 Å². The summed E-state index contributed by atoms with van der Waals surface area (Å²) in [5.74, 6) is -1.11. The van der Waals surface area contributed by atoms with E-state index in [4.69, 9.17) is 5.11 Å². The van der Waals surface area contributed by atoms with E-state index >= 15 is 0 Å². The lowest BCUT2D eigenvalue weighted by molar-refractivity contribution is -0.141. The van der Waals surface area contributed by atoms with E-state index in [1.807, 2.05) is 0 Å². The van der Waals surface area contributed by atoms with Gasteiger partial charge in [0.05, 0.1) is 0 Å². The Morgan fingerprint density at radius 3 is 2.50 bits per heavy atom. The van der Waals surface area contributed by atoms with Crippen LogP contribution < -0.4 is 5.32 Å². The Morgan fingerprint density at radius 2 is 2.14 bits per heavy atom. The van der Waals surface area contributed by atoms with Crippen molar-refractivity contribution in [3.8, 4) is 0 Å². The quantitative estimate of drug-likeness (QED) is 0.483. The average Bonchev–Trinajstić information content (AvgIpc) is 2.10. The van der Waals surface area contributed by atoms with Crippen molar-refractivity contribution in [1.29, 1.82) is 0 Å². The van der Waals surface area contributed by atoms with Gasteiger partial charge < -0.3 is 10.4 Å². The molecule has 7 heteroatoms. The number of amides is 1. The number of carbonyl (C=O) groups excluding carboxylic acids is 1. The van der Waals surface area contributed by atoms with Crippen LogP contribution in [0.25, 0.3) is 0 Å². The molecule has 80 valence electrons. The molecular formula is C7H13N2O4S+. The molecule has 14 heavy (non-hydrogen) atoms. The molecule has 0 rings (SSSR count). The number of nitrogens with one attached hydrogen (secondary N) is 1. The second-order valence-corrected chi connectivity index (χ2v) is 4.52. The van der Waals surface area contributed by atoms with Crippen LogP contribution in [0.15, 0.2) is 4.58 Å². The van der Waals surface area contributed by atoms with Gasteiger partial charge >= 0.3 is 5.97 Å². The van der Waals surface area contributed by atoms with Gasteiger partial charge in [-0.05, 0) is 0 Å². The molecule has 0 saturated carbocycles. The molecule has 2 N–H and O–H groups in total. The predicted octanol–water partition coefficient (Wildman–Crippen LogP) is -0.105. The van der Waals surface area contributed by atoms with Crippen LogP contribution in [-0.4, -0.2) is 35.0 Å². The van der Waals surface area contributed by atoms with Crippen LogP contribution >= 0.6 is 0 Å². The third-order valence-electron chi connectivity index (χ3n) is 1.50. The van der Waals surface area contributed by atoms with Crippen LogP contribution in [0.4, 0.5) is 0 Å². The fraction of sp³-hybridized carbons (Fsp3) is 0.714. The average molecular weight is 221 g/mol. The largest absolute Gasteiger partial charge is 0.480 e. The van der Waals surface area contributed by atoms with Gasteiger partial charge in [-0.15, -0.1) is 0 Å². The first-order chi connectivity index (χ1) is 6.47. The Labute approximate surface area is 84.5 Å². The van der Waals surface area contributed by atoms with Crippen LogP contribution in [-0.2, 0) is 20.7 Å². The van der Waals surface area contributed by atoms with E-state index in [9.17, 15) is 14.5 Å². The van der Waals surface area contributed by atoms with Crippen LogP contribution in [0, 0.1) is 4.91 Å². The maximum absolute atomic E-state index is 10.6. The molecule has 0 aromatic rings. The van der Waals surface area contributed by atoms with Gasteiger partial charge in [-0.3, -0.25) is 4.79 Å². The summed E-state index contributed by atoms with van der Waals surface area (Å²) in [6, 6.07) is -0.927. The first-order valence-corrected chi connectivity index (χ1v) is 5.69. The molecule has 0 spiro atoms. The van der Waals surface area contributed by atoms with Crippen LogP contribution in [0.1, 0.15) is 13.3 Å². The summed E-state index contributed by atoms with van der Waals surface area (Å²) in [4.78, 5) is 31.3. The molecule has 0 bridgehead atoms. The van der Waals surface area contributed by atoms with Gasteiger partial charge in [0.2, 0.25) is 5.91 Å². The smallest absolute Gasteiger partial charge is 0.326 e. The lowest BCUT2D eigenvalue weighted by Gasteiger charge is -2.10. The maximum Gasteiger partial charge on any atom is 0.326 e. The number of aliphatic carboxylic acids is 1. The van der Waals surface area contributed by atoms with E-state index in [0.29, 0.717) is 5.75 Å². The van der Waals surface area contributed by atoms with E-state index in [1.165, 1.54) is 6.92 Å². The lowest BCUT2D eigenvalue weighted by atomic mass is 10.2. The number of carbonyl (C=O) groups is 2. The number of rotatable bonds is 6. The SMILES string of the molecule is CC(=O)N[C@@H](CC[S+](C)N=O)C(=O)O. The van der Waals surface area contributed by atoms with Crippen LogP contribution in [0.2, 0.25) is 0 Å². The van der Waals surface area contributed by atoms with Crippen molar-refractivity contribution in [2.45, 2.75) is 19.4 Å². The monoisotopic (exact) mass is 221 g/mol. The molecule has 0 saturated heterocycles. The fourth-order valence-electron chi connectivity index (χ4n) is 0.828. The number of hydrogen-bond donors (Lipinski definition) is 2. The summed E-state index contributed by atoms with van der Waals surface area (Å²) in [6.45, 7) is 1.25. The molecule has 1 unspecified atom stereocenters. The molecular weight excluding hydrogens is 208 g/mol. The molecule has 0 aliphatic heterocycles. The highest BCUT2D eigenvalue weighted by Crippen LogP contribution is 2.00. The Kier molecular flexibility index (Phi) is 5.86. The summed E-state index contributed by atoms with van der Waals surface area (Å²) in [7, 11) is 0. The van der Waals surface area contributed by atoms with Crippen molar-refractivity contribution in [2.24, 2.45) is 4.58 Å². The van der Waals surface area contributed by atoms with Gasteiger partial charge in [0, 0.05) is 13.3 Å². The molecule has 0 aromatic carbocycles. The molecule has 0 heterocycles. The lowest BCUT2D eigenvalue weighted by Crippen LogP contribution is -2.40. The standard InChI is InChI=1S/C7H12N2O4S/c1-5(10)8-6(7(11)12)3-4-14(2)9-13/h6H,3-4H2,1-2H3,(H-,8,10,11,12)/p+1/t6-,14?/m0/s1. The van der Waals surface area contributed by atoms with Crippen molar-refractivity contribution in [1.82, 2.24) is 5.32 Å². The number of hydrogen-bond acceptors (Lipinski definition) is 4. The zero-order valence-electron chi connectivity index (χ0n) is 8.02. The number of carboxylic acids is 1. The predicted molar refractivity (Wildman–Crippen MR) is 53.8 cm³/mol. The minimum atomic E-state index is -1.09. The normalized spacial score (nSPS) is 14.1. The van der Waals surface area contributed by atoms with Gasteiger partial charge in [-0.2, -0.15) is 0 Å². The van der Waals surface area contributed by atoms with Gasteiger partial charge in [-0.25, -0.2) is 4.79 Å². The first kappa shape index (κ1) is 12.9. The van der Waals surface area contributed by atoms with Gasteiger partial charge in [0.15, 0.2) is 15.7 Å². The summed E-state index contributed by atoms with van der Waals surface area (Å²) in [5, 5.41) is 11.0. The highest BCUT2D eigenvalue weighted by molar-refractivity contribution is 7.94. The Bertz CT molecular complexity index is 234. The number of nitrogens with zero attached hydrogens (tertiary/aromatic N) is 1. The number of nitroso groups, excluding NO2 is 1. The fourth-order valence-corrected chi connectivity index (χ4v) is 1.48. The minimum Gasteiger partial charge on any atom is -0.480 e. The van der Waals surface area contributed by atoms with Gasteiger partial charge in [0.1, 0.15) is 18.1 Å². The summed E-state index contributed by atoms with van der Waals surface area (Å²) in [5.41, 5.74) is 0. The van der Waals surface area contributed by atoms with Crippen molar-refractivity contribution in [3.63, 3.8) is 0 Å². The minimum absolute atomic E-state index is 0.222. The molecule has 1 amide bonds. The van der Waals surface area contributed by atoms with Crippen molar-refractivity contribution >= 4 is 23.0 Å². The molecule has 0 aliphatic carbocycles. The molecule has 0 radical (unpaired) electrons. The second-order valence-electron chi connectivity index (χ2n) is 2.76. The first-order valence-electron chi connectivity index (χ1n) is 3.93. The highest BCUT2D eigenvalue weighted by Gasteiger charge is 2.23. The van der Waals surface area contributed by atoms with E-state index in [2.05, 4.69) is 9.90 Å². The Hall–Kier alpha value is -1.11. The molecule has 0 aromatic heterocycles. The van der Waals surface area contributed by atoms with Crippen molar-refractivity contribution < 1.29 is 14.7 Å². The van der Waals surface area contributed by atoms with Gasteiger partial charge in [-0.1, -0.05) is 4.91 Å². The Morgan fingerprint density at radius 1 is 1.57 bits per heavy atom. The number of carboxylic acid groups (broad SMARTS) is 1. The molecule has 6 nitrogen and oxygen atoms in total. The Balaban J connectivity index is 4.03. The third kappa shape index (κ3) is 5.52. The van der Waals surface area contributed by atoms with E-state index in [-0.39, 0.29) is 6.42 Å². The highest BCUT2D eigenvalue weighted by atomic mass is 32.2. The maximum atomic E-state index is 10.6. The van der Waals surface area contributed by atoms with Gasteiger partial charge in [0.25, 0.3) is 0 Å². The van der Waals surface area contributed by atoms with Crippen LogP contribution in [0.5, 0.6) is 0 Å². The summed E-state index contributed by atoms with van der Waals surface area (Å²) in [6.07, 6.45) is 1.85. The third-order valence-corrected chi connectivity index (χ3v) is 2.59. The zero-order chi connectivity index (χ0) is 11.1. The molecule has 0 fully saturated rings. The molecule has 0 aliphatic rings. The summed E-state index contributed by atoms with van der Waals surface area (Å²) < 4.78 is 2.77. The molecule has 2 atom stereocenters. The van der Waals surface area contributed by atoms with E-state index in [1.54, 1.807) is 6.26 Å². The van der Waals surface area contributed by atoms with Crippen LogP contribution in [0.3, 0.4) is 0 Å². The van der Waals surface area contributed by atoms with Crippen molar-refractivity contribution in [2.75, 3.05) is 12.0 Å². The summed E-state index contributed by atoms with van der Waals surface area (Å²) >= 11 is -0.674.